The van der Waals surface area contributed by atoms with Gasteiger partial charge in [0.25, 0.3) is 5.91 Å². The van der Waals surface area contributed by atoms with Gasteiger partial charge in [0, 0.05) is 24.4 Å². The molecule has 7 nitrogen and oxygen atoms in total. The topological polar surface area (TPSA) is 98.7 Å². The quantitative estimate of drug-likeness (QED) is 0.723. The number of rotatable bonds is 4. The Balaban J connectivity index is 2.01. The van der Waals surface area contributed by atoms with Crippen LogP contribution in [0.1, 0.15) is 50.0 Å². The van der Waals surface area contributed by atoms with Crippen molar-refractivity contribution in [3.63, 3.8) is 0 Å². The molecule has 1 amide bonds. The Morgan fingerprint density at radius 3 is 3.12 bits per heavy atom. The van der Waals surface area contributed by atoms with Crippen LogP contribution < -0.4 is 14.3 Å². The average molecular weight is 380 g/mol. The first-order valence-electron chi connectivity index (χ1n) is 11.9. The number of nitrogens with one attached hydrogen (secondary N) is 2. The van der Waals surface area contributed by atoms with Gasteiger partial charge in [-0.2, -0.15) is 8.42 Å². The number of nitrogens with zero attached hydrogens (tertiary/aromatic N) is 1. The number of halogens is 1. The molecule has 1 aliphatic heterocycles. The number of carbonyl (C=O) groups excluding carboxylic acids is 1. The van der Waals surface area contributed by atoms with Crippen LogP contribution in [0.15, 0.2) is 6.07 Å². The van der Waals surface area contributed by atoms with Crippen molar-refractivity contribution in [2.45, 2.75) is 51.4 Å². The molecule has 2 unspecified atom stereocenters. The standard InChI is InChI=1S/C16H22FN3O4S/c1-3-9(2)18-11-5-4-10-6-13(21)16(15(17)12(10)7-11)20-8-14(22)19-25(20,23)24/h6,9,11,18,21H,3-5,7-8H2,1-2H3,(H,19,22)/i1D3,2D3,3D2,9D. The number of aromatic hydroxyl groups is 1. The normalized spacial score (nSPS) is 31.4. The largest absolute Gasteiger partial charge is 0.506 e. The molecule has 1 heterocycles. The van der Waals surface area contributed by atoms with Crippen molar-refractivity contribution in [2.75, 3.05) is 10.8 Å². The summed E-state index contributed by atoms with van der Waals surface area (Å²) in [5.41, 5.74) is -0.673. The Kier molecular flexibility index (Phi) is 2.51. The van der Waals surface area contributed by atoms with E-state index in [1.807, 2.05) is 0 Å². The molecule has 0 aromatic heterocycles. The van der Waals surface area contributed by atoms with Crippen molar-refractivity contribution in [3.8, 4) is 5.75 Å². The molecule has 25 heavy (non-hydrogen) atoms. The van der Waals surface area contributed by atoms with E-state index in [2.05, 4.69) is 5.32 Å². The third-order valence-electron chi connectivity index (χ3n) is 4.17. The van der Waals surface area contributed by atoms with Gasteiger partial charge in [0.2, 0.25) is 0 Å². The Morgan fingerprint density at radius 1 is 1.68 bits per heavy atom. The highest BCUT2D eigenvalue weighted by Crippen LogP contribution is 2.39. The maximum Gasteiger partial charge on any atom is 0.326 e. The lowest BCUT2D eigenvalue weighted by molar-refractivity contribution is -0.117. The van der Waals surface area contributed by atoms with Crippen LogP contribution in [0.4, 0.5) is 10.1 Å². The summed E-state index contributed by atoms with van der Waals surface area (Å²) in [6.07, 6.45) is -3.83. The SMILES string of the molecule is [2H]C([2H])([2H])C([2H])([2H])C([2H])(NC1CCc2cc(O)c(N3CC(=O)NS3(=O)=O)c(F)c2C1)C([2H])([2H])[2H]. The highest BCUT2D eigenvalue weighted by atomic mass is 32.2. The highest BCUT2D eigenvalue weighted by molar-refractivity contribution is 7.92. The molecular formula is C16H22FN3O4S. The van der Waals surface area contributed by atoms with Crippen molar-refractivity contribution >= 4 is 21.8 Å². The Hall–Kier alpha value is -1.87. The predicted molar refractivity (Wildman–Crippen MR) is 91.2 cm³/mol. The van der Waals surface area contributed by atoms with Crippen molar-refractivity contribution in [1.29, 1.82) is 0 Å². The second-order valence-electron chi connectivity index (χ2n) is 5.82. The third-order valence-corrected chi connectivity index (χ3v) is 5.55. The number of benzene rings is 1. The molecule has 2 aliphatic rings. The summed E-state index contributed by atoms with van der Waals surface area (Å²) in [5.74, 6) is -2.87. The number of phenolic OH excluding ortho intramolecular Hbond substituents is 1. The van der Waals surface area contributed by atoms with Crippen LogP contribution in [-0.4, -0.2) is 38.0 Å². The highest BCUT2D eigenvalue weighted by Gasteiger charge is 2.39. The molecule has 0 bridgehead atoms. The predicted octanol–water partition coefficient (Wildman–Crippen LogP) is 0.958. The van der Waals surface area contributed by atoms with Gasteiger partial charge in [-0.05, 0) is 49.7 Å². The molecule has 1 aromatic carbocycles. The first kappa shape index (κ1) is 9.72. The maximum absolute atomic E-state index is 15.4. The lowest BCUT2D eigenvalue weighted by Crippen LogP contribution is -2.40. The molecule has 0 radical (unpaired) electrons. The molecule has 3 rings (SSSR count). The summed E-state index contributed by atoms with van der Waals surface area (Å²) in [6, 6.07) is -3.26. The molecule has 1 aliphatic carbocycles. The zero-order valence-electron chi connectivity index (χ0n) is 21.9. The maximum atomic E-state index is 15.4. The molecule has 1 fully saturated rings. The van der Waals surface area contributed by atoms with E-state index >= 15 is 4.39 Å². The van der Waals surface area contributed by atoms with Crippen LogP contribution in [0.25, 0.3) is 0 Å². The zero-order valence-corrected chi connectivity index (χ0v) is 13.7. The molecule has 0 spiro atoms. The fraction of sp³-hybridized carbons (Fsp3) is 0.562. The molecule has 2 atom stereocenters. The van der Waals surface area contributed by atoms with E-state index in [9.17, 15) is 18.3 Å². The van der Waals surface area contributed by atoms with E-state index < -0.39 is 72.1 Å². The Bertz CT molecular complexity index is 1130. The lowest BCUT2D eigenvalue weighted by Gasteiger charge is -2.30. The van der Waals surface area contributed by atoms with E-state index in [-0.39, 0.29) is 30.4 Å². The van der Waals surface area contributed by atoms with Crippen LogP contribution in [0.2, 0.25) is 0 Å². The molecule has 1 saturated heterocycles. The minimum atomic E-state index is -4.46. The zero-order chi connectivity index (χ0) is 26.1. The summed E-state index contributed by atoms with van der Waals surface area (Å²) < 4.78 is 111. The summed E-state index contributed by atoms with van der Waals surface area (Å²) in [4.78, 5) is 11.5. The van der Waals surface area contributed by atoms with Crippen molar-refractivity contribution in [2.24, 2.45) is 0 Å². The molecule has 3 N–H and O–H groups in total. The summed E-state index contributed by atoms with van der Waals surface area (Å²) in [7, 11) is -4.46. The Morgan fingerprint density at radius 2 is 2.48 bits per heavy atom. The average Bonchev–Trinajstić information content (AvgIpc) is 2.92. The summed E-state index contributed by atoms with van der Waals surface area (Å²) in [6.45, 7) is -7.68. The molecule has 1 aromatic rings. The minimum Gasteiger partial charge on any atom is -0.506 e. The van der Waals surface area contributed by atoms with Crippen molar-refractivity contribution in [3.05, 3.63) is 23.0 Å². The molecule has 0 saturated carbocycles. The number of phenols is 1. The van der Waals surface area contributed by atoms with E-state index in [1.165, 1.54) is 0 Å². The second kappa shape index (κ2) is 6.45. The first-order valence-corrected chi connectivity index (χ1v) is 8.81. The molecular weight excluding hydrogens is 349 g/mol. The minimum absolute atomic E-state index is 0.0234. The number of amides is 1. The fourth-order valence-electron chi connectivity index (χ4n) is 3.09. The third kappa shape index (κ3) is 3.30. The number of hydrogen-bond donors (Lipinski definition) is 3. The van der Waals surface area contributed by atoms with E-state index in [0.717, 1.165) is 6.07 Å². The Labute approximate surface area is 159 Å². The van der Waals surface area contributed by atoms with Gasteiger partial charge in [0.05, 0.1) is 0 Å². The monoisotopic (exact) mass is 380 g/mol. The summed E-state index contributed by atoms with van der Waals surface area (Å²) >= 11 is 0. The second-order valence-corrected chi connectivity index (χ2v) is 7.41. The van der Waals surface area contributed by atoms with Crippen LogP contribution in [0.5, 0.6) is 5.75 Å². The van der Waals surface area contributed by atoms with Gasteiger partial charge < -0.3 is 10.4 Å². The van der Waals surface area contributed by atoms with E-state index in [0.29, 0.717) is 4.31 Å². The van der Waals surface area contributed by atoms with Crippen molar-refractivity contribution in [1.82, 2.24) is 10.0 Å². The van der Waals surface area contributed by atoms with Crippen LogP contribution >= 0.6 is 0 Å². The van der Waals surface area contributed by atoms with E-state index in [4.69, 9.17) is 12.3 Å². The van der Waals surface area contributed by atoms with Gasteiger partial charge in [-0.3, -0.25) is 4.79 Å². The first-order chi connectivity index (χ1) is 15.2. The van der Waals surface area contributed by atoms with Crippen LogP contribution in [0, 0.1) is 5.82 Å². The van der Waals surface area contributed by atoms with Gasteiger partial charge >= 0.3 is 10.2 Å². The van der Waals surface area contributed by atoms with Crippen LogP contribution in [-0.2, 0) is 27.8 Å². The van der Waals surface area contributed by atoms with Crippen LogP contribution in [0.3, 0.4) is 0 Å². The fourth-order valence-corrected chi connectivity index (χ4v) is 4.25. The van der Waals surface area contributed by atoms with E-state index in [1.54, 1.807) is 4.72 Å². The number of hydrogen-bond acceptors (Lipinski definition) is 5. The van der Waals surface area contributed by atoms with Gasteiger partial charge in [-0.25, -0.2) is 13.4 Å². The van der Waals surface area contributed by atoms with Gasteiger partial charge in [-0.1, -0.05) is 6.85 Å². The smallest absolute Gasteiger partial charge is 0.326 e. The van der Waals surface area contributed by atoms with Crippen molar-refractivity contribution < 1.29 is 35.0 Å². The lowest BCUT2D eigenvalue weighted by atomic mass is 9.86. The number of fused-ring (bicyclic) bond motifs is 1. The summed E-state index contributed by atoms with van der Waals surface area (Å²) in [5, 5.41) is 12.5. The van der Waals surface area contributed by atoms with Gasteiger partial charge in [0.15, 0.2) is 5.82 Å². The number of carbonyl (C=O) groups is 1. The molecule has 138 valence electrons. The number of anilines is 1. The molecule has 9 heteroatoms. The van der Waals surface area contributed by atoms with Gasteiger partial charge in [0.1, 0.15) is 18.0 Å². The number of aryl methyl sites for hydroxylation is 1. The van der Waals surface area contributed by atoms with Gasteiger partial charge in [-0.15, -0.1) is 0 Å².